The molecule has 3 aromatic rings. The van der Waals surface area contributed by atoms with Crippen LogP contribution < -0.4 is 5.32 Å². The Balaban J connectivity index is 1.85. The topological polar surface area (TPSA) is 76.4 Å². The van der Waals surface area contributed by atoms with E-state index < -0.39 is 15.1 Å². The highest BCUT2D eigenvalue weighted by Crippen LogP contribution is 2.29. The molecule has 1 atom stereocenters. The van der Waals surface area contributed by atoms with Crippen LogP contribution in [0.3, 0.4) is 0 Å². The van der Waals surface area contributed by atoms with Crippen molar-refractivity contribution in [3.63, 3.8) is 0 Å². The van der Waals surface area contributed by atoms with Crippen LogP contribution in [0.15, 0.2) is 76.2 Å². The summed E-state index contributed by atoms with van der Waals surface area (Å²) < 4.78 is 31.5. The minimum Gasteiger partial charge on any atom is -0.468 e. The van der Waals surface area contributed by atoms with E-state index in [2.05, 4.69) is 5.32 Å². The molecule has 0 spiro atoms. The molecule has 7 heteroatoms. The minimum absolute atomic E-state index is 0.109. The number of rotatable bonds is 6. The molecule has 0 saturated carbocycles. The first kappa shape index (κ1) is 19.2. The quantitative estimate of drug-likeness (QED) is 0.669. The van der Waals surface area contributed by atoms with E-state index in [-0.39, 0.29) is 23.1 Å². The van der Waals surface area contributed by atoms with Gasteiger partial charge in [-0.3, -0.25) is 4.79 Å². The van der Waals surface area contributed by atoms with Crippen LogP contribution in [0.5, 0.6) is 0 Å². The predicted molar refractivity (Wildman–Crippen MR) is 104 cm³/mol. The molecule has 0 saturated heterocycles. The zero-order valence-electron chi connectivity index (χ0n) is 14.6. The van der Waals surface area contributed by atoms with Gasteiger partial charge >= 0.3 is 0 Å². The lowest BCUT2D eigenvalue weighted by atomic mass is 10.1. The summed E-state index contributed by atoms with van der Waals surface area (Å²) >= 11 is 5.85. The normalized spacial score (nSPS) is 12.5. The first-order valence-electron chi connectivity index (χ1n) is 8.25. The Hall–Kier alpha value is -2.57. The number of aryl methyl sites for hydroxylation is 1. The highest BCUT2D eigenvalue weighted by molar-refractivity contribution is 7.91. The van der Waals surface area contributed by atoms with Crippen LogP contribution in [-0.2, 0) is 9.84 Å². The van der Waals surface area contributed by atoms with Crippen LogP contribution in [0.25, 0.3) is 0 Å². The van der Waals surface area contributed by atoms with Gasteiger partial charge in [0.1, 0.15) is 11.0 Å². The van der Waals surface area contributed by atoms with E-state index in [4.69, 9.17) is 16.0 Å². The largest absolute Gasteiger partial charge is 0.468 e. The smallest absolute Gasteiger partial charge is 0.251 e. The van der Waals surface area contributed by atoms with E-state index >= 15 is 0 Å². The van der Waals surface area contributed by atoms with Crippen molar-refractivity contribution in [1.29, 1.82) is 0 Å². The van der Waals surface area contributed by atoms with E-state index in [0.717, 1.165) is 5.56 Å². The number of hydrogen-bond donors (Lipinski definition) is 1. The number of nitrogens with one attached hydrogen (secondary N) is 1. The van der Waals surface area contributed by atoms with Gasteiger partial charge in [-0.2, -0.15) is 0 Å². The molecule has 0 fully saturated rings. The fourth-order valence-corrected chi connectivity index (χ4v) is 4.33. The van der Waals surface area contributed by atoms with Crippen molar-refractivity contribution in [2.45, 2.75) is 17.1 Å². The lowest BCUT2D eigenvalue weighted by Crippen LogP contribution is -2.31. The zero-order chi connectivity index (χ0) is 19.4. The third-order valence-electron chi connectivity index (χ3n) is 4.14. The third kappa shape index (κ3) is 4.40. The van der Waals surface area contributed by atoms with Gasteiger partial charge in [0.05, 0.1) is 11.2 Å². The summed E-state index contributed by atoms with van der Waals surface area (Å²) in [6, 6.07) is 16.1. The van der Waals surface area contributed by atoms with Gasteiger partial charge < -0.3 is 9.73 Å². The summed E-state index contributed by atoms with van der Waals surface area (Å²) in [5, 5.41) is 2.08. The van der Waals surface area contributed by atoms with Crippen molar-refractivity contribution >= 4 is 27.3 Å². The Labute approximate surface area is 162 Å². The number of furan rings is 1. The van der Waals surface area contributed by atoms with E-state index in [1.165, 1.54) is 30.5 Å². The molecule has 0 aliphatic carbocycles. The molecular weight excluding hydrogens is 386 g/mol. The Kier molecular flexibility index (Phi) is 5.68. The summed E-state index contributed by atoms with van der Waals surface area (Å²) in [6.45, 7) is 1.80. The van der Waals surface area contributed by atoms with Gasteiger partial charge in [-0.25, -0.2) is 8.42 Å². The zero-order valence-corrected chi connectivity index (χ0v) is 16.1. The monoisotopic (exact) mass is 403 g/mol. The average molecular weight is 404 g/mol. The molecule has 1 heterocycles. The van der Waals surface area contributed by atoms with Crippen molar-refractivity contribution in [2.24, 2.45) is 0 Å². The molecule has 0 aliphatic rings. The molecule has 2 aromatic carbocycles. The summed E-state index contributed by atoms with van der Waals surface area (Å²) in [5.74, 6) is -0.0907. The number of sulfone groups is 1. The maximum Gasteiger partial charge on any atom is 0.251 e. The van der Waals surface area contributed by atoms with Crippen molar-refractivity contribution in [3.05, 3.63) is 88.8 Å². The van der Waals surface area contributed by atoms with Crippen LogP contribution >= 0.6 is 11.6 Å². The fourth-order valence-electron chi connectivity index (χ4n) is 2.62. The number of carbonyl (C=O) groups excluding carboxylic acids is 1. The van der Waals surface area contributed by atoms with Gasteiger partial charge in [0, 0.05) is 17.1 Å². The van der Waals surface area contributed by atoms with Gasteiger partial charge in [-0.05, 0) is 55.5 Å². The molecule has 27 heavy (non-hydrogen) atoms. The molecule has 0 bridgehead atoms. The Morgan fingerprint density at radius 1 is 1.07 bits per heavy atom. The molecule has 5 nitrogen and oxygen atoms in total. The second-order valence-electron chi connectivity index (χ2n) is 6.08. The summed E-state index contributed by atoms with van der Waals surface area (Å²) in [7, 11) is -3.79. The van der Waals surface area contributed by atoms with Crippen LogP contribution in [0, 0.1) is 6.92 Å². The van der Waals surface area contributed by atoms with E-state index in [1.54, 1.807) is 24.3 Å². The Morgan fingerprint density at radius 3 is 2.33 bits per heavy atom. The second kappa shape index (κ2) is 7.98. The van der Waals surface area contributed by atoms with Gasteiger partial charge in [0.15, 0.2) is 9.84 Å². The highest BCUT2D eigenvalue weighted by atomic mass is 35.5. The molecule has 3 rings (SSSR count). The van der Waals surface area contributed by atoms with Crippen LogP contribution in [0.4, 0.5) is 0 Å². The number of halogens is 1. The molecule has 1 aromatic heterocycles. The maximum atomic E-state index is 13.1. The Bertz CT molecular complexity index is 1010. The molecule has 140 valence electrons. The van der Waals surface area contributed by atoms with Gasteiger partial charge in [-0.15, -0.1) is 0 Å². The highest BCUT2D eigenvalue weighted by Gasteiger charge is 2.32. The number of hydrogen-bond acceptors (Lipinski definition) is 4. The fraction of sp³-hybridized carbons (Fsp3) is 0.150. The van der Waals surface area contributed by atoms with Crippen LogP contribution in [0.1, 0.15) is 26.9 Å². The first-order chi connectivity index (χ1) is 12.9. The number of amides is 1. The van der Waals surface area contributed by atoms with Crippen molar-refractivity contribution in [3.8, 4) is 0 Å². The minimum atomic E-state index is -3.79. The van der Waals surface area contributed by atoms with Gasteiger partial charge in [0.2, 0.25) is 0 Å². The summed E-state index contributed by atoms with van der Waals surface area (Å²) in [5.41, 5.74) is 1.49. The van der Waals surface area contributed by atoms with Crippen molar-refractivity contribution in [2.75, 3.05) is 6.54 Å². The molecular formula is C20H18ClNO4S. The predicted octanol–water partition coefficient (Wildman–Crippen LogP) is 4.19. The maximum absolute atomic E-state index is 13.1. The molecule has 1 unspecified atom stereocenters. The SMILES string of the molecule is Cc1ccc(C(=O)NCC(c2ccco2)S(=O)(=O)c2ccc(Cl)cc2)cc1. The van der Waals surface area contributed by atoms with Gasteiger partial charge in [0.25, 0.3) is 5.91 Å². The van der Waals surface area contributed by atoms with Crippen molar-refractivity contribution in [1.82, 2.24) is 5.32 Å². The van der Waals surface area contributed by atoms with E-state index in [0.29, 0.717) is 10.6 Å². The third-order valence-corrected chi connectivity index (χ3v) is 6.47. The number of carbonyl (C=O) groups is 1. The molecule has 1 amide bonds. The van der Waals surface area contributed by atoms with Crippen LogP contribution in [-0.4, -0.2) is 20.9 Å². The van der Waals surface area contributed by atoms with Crippen LogP contribution in [0.2, 0.25) is 5.02 Å². The summed E-state index contributed by atoms with van der Waals surface area (Å²) in [4.78, 5) is 12.5. The average Bonchev–Trinajstić information content (AvgIpc) is 3.16. The molecule has 0 radical (unpaired) electrons. The lowest BCUT2D eigenvalue weighted by Gasteiger charge is -2.17. The van der Waals surface area contributed by atoms with Gasteiger partial charge in [-0.1, -0.05) is 29.3 Å². The standard InChI is InChI=1S/C20H18ClNO4S/c1-14-4-6-15(7-5-14)20(23)22-13-19(18-3-2-12-26-18)27(24,25)17-10-8-16(21)9-11-17/h2-12,19H,13H2,1H3,(H,22,23). The first-order valence-corrected chi connectivity index (χ1v) is 10.2. The Morgan fingerprint density at radius 2 is 1.74 bits per heavy atom. The lowest BCUT2D eigenvalue weighted by molar-refractivity contribution is 0.0953. The van der Waals surface area contributed by atoms with Crippen molar-refractivity contribution < 1.29 is 17.6 Å². The number of benzene rings is 2. The molecule has 1 N–H and O–H groups in total. The second-order valence-corrected chi connectivity index (χ2v) is 8.65. The summed E-state index contributed by atoms with van der Waals surface area (Å²) in [6.07, 6.45) is 1.40. The van der Waals surface area contributed by atoms with E-state index in [9.17, 15) is 13.2 Å². The molecule has 0 aliphatic heterocycles. The van der Waals surface area contributed by atoms with E-state index in [1.807, 2.05) is 19.1 Å².